The Labute approximate surface area is 116 Å². The number of nitrogens with zero attached hydrogens (tertiary/aromatic N) is 5. The second-order valence-electron chi connectivity index (χ2n) is 5.11. The van der Waals surface area contributed by atoms with Gasteiger partial charge in [-0.25, -0.2) is 4.98 Å². The molecule has 0 saturated carbocycles. The van der Waals surface area contributed by atoms with E-state index in [0.717, 1.165) is 25.9 Å². The number of aryl methyl sites for hydroxylation is 1. The molecule has 2 aromatic heterocycles. The van der Waals surface area contributed by atoms with E-state index in [1.807, 2.05) is 15.8 Å². The van der Waals surface area contributed by atoms with Crippen molar-refractivity contribution in [3.8, 4) is 0 Å². The SMILES string of the molecule is Cn1ccnc(N2CCC(n3ccc(N)n3)CC2)c1=O. The van der Waals surface area contributed by atoms with Gasteiger partial charge in [-0.15, -0.1) is 0 Å². The van der Waals surface area contributed by atoms with E-state index in [1.54, 1.807) is 30.1 Å². The first-order valence-electron chi connectivity index (χ1n) is 6.72. The second-order valence-corrected chi connectivity index (χ2v) is 5.11. The summed E-state index contributed by atoms with van der Waals surface area (Å²) in [4.78, 5) is 18.3. The fourth-order valence-electron chi connectivity index (χ4n) is 2.60. The number of piperidine rings is 1. The quantitative estimate of drug-likeness (QED) is 0.857. The molecule has 7 nitrogen and oxygen atoms in total. The number of rotatable bonds is 2. The molecule has 106 valence electrons. The van der Waals surface area contributed by atoms with Gasteiger partial charge >= 0.3 is 0 Å². The van der Waals surface area contributed by atoms with Crippen LogP contribution >= 0.6 is 0 Å². The van der Waals surface area contributed by atoms with Gasteiger partial charge < -0.3 is 15.2 Å². The highest BCUT2D eigenvalue weighted by Crippen LogP contribution is 2.23. The van der Waals surface area contributed by atoms with Gasteiger partial charge in [0.25, 0.3) is 5.56 Å². The van der Waals surface area contributed by atoms with Crippen LogP contribution in [0.5, 0.6) is 0 Å². The minimum Gasteiger partial charge on any atom is -0.382 e. The molecule has 0 bridgehead atoms. The highest BCUT2D eigenvalue weighted by atomic mass is 16.1. The van der Waals surface area contributed by atoms with Gasteiger partial charge in [-0.05, 0) is 18.9 Å². The number of hydrogen-bond acceptors (Lipinski definition) is 5. The zero-order valence-electron chi connectivity index (χ0n) is 11.4. The van der Waals surface area contributed by atoms with Gasteiger partial charge in [0.2, 0.25) is 0 Å². The Morgan fingerprint density at radius 3 is 2.70 bits per heavy atom. The number of nitrogens with two attached hydrogens (primary N) is 1. The summed E-state index contributed by atoms with van der Waals surface area (Å²) in [6, 6.07) is 2.15. The van der Waals surface area contributed by atoms with Gasteiger partial charge in [0, 0.05) is 38.7 Å². The van der Waals surface area contributed by atoms with Crippen molar-refractivity contribution < 1.29 is 0 Å². The molecule has 1 aliphatic heterocycles. The van der Waals surface area contributed by atoms with Crippen LogP contribution in [0.15, 0.2) is 29.5 Å². The van der Waals surface area contributed by atoms with Crippen molar-refractivity contribution >= 4 is 11.6 Å². The van der Waals surface area contributed by atoms with Crippen LogP contribution in [0.3, 0.4) is 0 Å². The third-order valence-electron chi connectivity index (χ3n) is 3.77. The molecular weight excluding hydrogens is 256 g/mol. The van der Waals surface area contributed by atoms with E-state index in [0.29, 0.717) is 17.7 Å². The van der Waals surface area contributed by atoms with Crippen LogP contribution in [0, 0.1) is 0 Å². The number of hydrogen-bond donors (Lipinski definition) is 1. The molecule has 0 aliphatic carbocycles. The van der Waals surface area contributed by atoms with Crippen molar-refractivity contribution in [2.24, 2.45) is 7.05 Å². The van der Waals surface area contributed by atoms with Crippen molar-refractivity contribution in [3.05, 3.63) is 35.0 Å². The predicted molar refractivity (Wildman–Crippen MR) is 76.6 cm³/mol. The van der Waals surface area contributed by atoms with Gasteiger partial charge in [0.1, 0.15) is 5.82 Å². The first-order valence-corrected chi connectivity index (χ1v) is 6.72. The summed E-state index contributed by atoms with van der Waals surface area (Å²) in [6.45, 7) is 1.60. The fraction of sp³-hybridized carbons (Fsp3) is 0.462. The maximum absolute atomic E-state index is 12.0. The van der Waals surface area contributed by atoms with Gasteiger partial charge in [0.15, 0.2) is 5.82 Å². The second kappa shape index (κ2) is 4.99. The standard InChI is InChI=1S/C13H18N6O/c1-17-9-5-15-12(13(17)20)18-6-2-10(3-7-18)19-8-4-11(14)16-19/h4-5,8-10H,2-3,6-7H2,1H3,(H2,14,16). The molecule has 0 spiro atoms. The van der Waals surface area contributed by atoms with Crippen LogP contribution in [-0.2, 0) is 7.05 Å². The predicted octanol–water partition coefficient (Wildman–Crippen LogP) is 0.400. The summed E-state index contributed by atoms with van der Waals surface area (Å²) in [6.07, 6.45) is 7.11. The number of aromatic nitrogens is 4. The normalized spacial score (nSPS) is 16.6. The van der Waals surface area contributed by atoms with Crippen LogP contribution < -0.4 is 16.2 Å². The molecule has 0 amide bonds. The molecule has 1 fully saturated rings. The molecule has 3 heterocycles. The Morgan fingerprint density at radius 2 is 2.05 bits per heavy atom. The summed E-state index contributed by atoms with van der Waals surface area (Å²) >= 11 is 0. The molecule has 1 aliphatic rings. The van der Waals surface area contributed by atoms with Gasteiger partial charge in [-0.2, -0.15) is 5.10 Å². The molecule has 20 heavy (non-hydrogen) atoms. The Bertz CT molecular complexity index is 653. The van der Waals surface area contributed by atoms with Gasteiger partial charge in [-0.1, -0.05) is 0 Å². The molecule has 2 N–H and O–H groups in total. The monoisotopic (exact) mass is 274 g/mol. The molecule has 7 heteroatoms. The minimum absolute atomic E-state index is 0.0470. The first kappa shape index (κ1) is 12.7. The van der Waals surface area contributed by atoms with Crippen molar-refractivity contribution in [1.82, 2.24) is 19.3 Å². The highest BCUT2D eigenvalue weighted by molar-refractivity contribution is 5.36. The van der Waals surface area contributed by atoms with E-state index in [9.17, 15) is 4.79 Å². The fourth-order valence-corrected chi connectivity index (χ4v) is 2.60. The van der Waals surface area contributed by atoms with Crippen molar-refractivity contribution in [2.45, 2.75) is 18.9 Å². The molecule has 2 aromatic rings. The number of nitrogen functional groups attached to an aromatic ring is 1. The molecule has 0 atom stereocenters. The third kappa shape index (κ3) is 2.26. The molecule has 3 rings (SSSR count). The topological polar surface area (TPSA) is 82.0 Å². The summed E-state index contributed by atoms with van der Waals surface area (Å²) in [5, 5.41) is 4.26. The van der Waals surface area contributed by atoms with Crippen molar-refractivity contribution in [2.75, 3.05) is 23.7 Å². The van der Waals surface area contributed by atoms with Crippen molar-refractivity contribution in [1.29, 1.82) is 0 Å². The molecule has 0 unspecified atom stereocenters. The number of anilines is 2. The molecule has 0 radical (unpaired) electrons. The Kier molecular flexibility index (Phi) is 3.17. The highest BCUT2D eigenvalue weighted by Gasteiger charge is 2.23. The van der Waals surface area contributed by atoms with Crippen LogP contribution in [0.1, 0.15) is 18.9 Å². The van der Waals surface area contributed by atoms with E-state index >= 15 is 0 Å². The maximum Gasteiger partial charge on any atom is 0.293 e. The van der Waals surface area contributed by atoms with Crippen LogP contribution in [0.25, 0.3) is 0 Å². The smallest absolute Gasteiger partial charge is 0.293 e. The Hall–Kier alpha value is -2.31. The van der Waals surface area contributed by atoms with Crippen LogP contribution in [0.2, 0.25) is 0 Å². The molecular formula is C13H18N6O. The molecule has 1 saturated heterocycles. The van der Waals surface area contributed by atoms with E-state index in [-0.39, 0.29) is 5.56 Å². The van der Waals surface area contributed by atoms with Crippen LogP contribution in [-0.4, -0.2) is 32.4 Å². The molecule has 0 aromatic carbocycles. The van der Waals surface area contributed by atoms with Crippen LogP contribution in [0.4, 0.5) is 11.6 Å². The minimum atomic E-state index is -0.0470. The lowest BCUT2D eigenvalue weighted by molar-refractivity contribution is 0.366. The van der Waals surface area contributed by atoms with Gasteiger partial charge in [-0.3, -0.25) is 9.48 Å². The summed E-state index contributed by atoms with van der Waals surface area (Å²) in [5.41, 5.74) is 5.60. The lowest BCUT2D eigenvalue weighted by atomic mass is 10.1. The summed E-state index contributed by atoms with van der Waals surface area (Å²) < 4.78 is 3.48. The Morgan fingerprint density at radius 1 is 1.30 bits per heavy atom. The third-order valence-corrected chi connectivity index (χ3v) is 3.77. The Balaban J connectivity index is 1.72. The maximum atomic E-state index is 12.0. The lowest BCUT2D eigenvalue weighted by Gasteiger charge is -2.32. The first-order chi connectivity index (χ1) is 9.65. The summed E-state index contributed by atoms with van der Waals surface area (Å²) in [7, 11) is 1.74. The summed E-state index contributed by atoms with van der Waals surface area (Å²) in [5.74, 6) is 1.08. The lowest BCUT2D eigenvalue weighted by Crippen LogP contribution is -2.39. The van der Waals surface area contributed by atoms with E-state index in [2.05, 4.69) is 10.1 Å². The van der Waals surface area contributed by atoms with E-state index in [1.165, 1.54) is 0 Å². The van der Waals surface area contributed by atoms with E-state index in [4.69, 9.17) is 5.73 Å². The van der Waals surface area contributed by atoms with Crippen molar-refractivity contribution in [3.63, 3.8) is 0 Å². The average molecular weight is 274 g/mol. The van der Waals surface area contributed by atoms with E-state index < -0.39 is 0 Å². The zero-order chi connectivity index (χ0) is 14.1. The largest absolute Gasteiger partial charge is 0.382 e. The van der Waals surface area contributed by atoms with Gasteiger partial charge in [0.05, 0.1) is 6.04 Å². The zero-order valence-corrected chi connectivity index (χ0v) is 11.4. The average Bonchev–Trinajstić information content (AvgIpc) is 2.89.